The molecule has 17 heavy (non-hydrogen) atoms. The molecule has 0 radical (unpaired) electrons. The number of benzene rings is 1. The number of aliphatic hydroxyl groups is 1. The van der Waals surface area contributed by atoms with Crippen molar-refractivity contribution in [1.82, 2.24) is 5.32 Å². The fraction of sp³-hybridized carbons (Fsp3) is 0.600. The Morgan fingerprint density at radius 3 is 2.88 bits per heavy atom. The van der Waals surface area contributed by atoms with E-state index >= 15 is 0 Å². The molecule has 0 spiro atoms. The average Bonchev–Trinajstić information content (AvgIpc) is 2.52. The fourth-order valence-corrected chi connectivity index (χ4v) is 3.14. The smallest absolute Gasteiger partial charge is 0.0459 e. The van der Waals surface area contributed by atoms with Crippen LogP contribution in [0.15, 0.2) is 24.3 Å². The Hall–Kier alpha value is -0.860. The zero-order valence-corrected chi connectivity index (χ0v) is 10.7. The van der Waals surface area contributed by atoms with Gasteiger partial charge in [0.1, 0.15) is 0 Å². The molecule has 0 amide bonds. The van der Waals surface area contributed by atoms with Crippen LogP contribution in [0.25, 0.3) is 0 Å². The Labute approximate surface area is 104 Å². The molecule has 2 heteroatoms. The summed E-state index contributed by atoms with van der Waals surface area (Å²) in [7, 11) is 0. The molecule has 2 rings (SSSR count). The first-order valence-electron chi connectivity index (χ1n) is 6.76. The summed E-state index contributed by atoms with van der Waals surface area (Å²) < 4.78 is 0. The average molecular weight is 233 g/mol. The van der Waals surface area contributed by atoms with E-state index in [4.69, 9.17) is 0 Å². The van der Waals surface area contributed by atoms with Crippen molar-refractivity contribution in [1.29, 1.82) is 0 Å². The number of nitrogens with one attached hydrogen (secondary N) is 1. The van der Waals surface area contributed by atoms with E-state index in [1.165, 1.54) is 30.4 Å². The topological polar surface area (TPSA) is 32.3 Å². The zero-order valence-electron chi connectivity index (χ0n) is 10.7. The minimum absolute atomic E-state index is 0.00338. The molecule has 0 heterocycles. The molecule has 1 aromatic carbocycles. The molecule has 1 atom stereocenters. The lowest BCUT2D eigenvalue weighted by atomic mass is 9.82. The third-order valence-electron chi connectivity index (χ3n) is 3.89. The highest BCUT2D eigenvalue weighted by atomic mass is 16.3. The van der Waals surface area contributed by atoms with Crippen LogP contribution < -0.4 is 5.32 Å². The second kappa shape index (κ2) is 5.65. The SMILES string of the molecule is CCNC1(CCO)CCCCc2ccccc21. The van der Waals surface area contributed by atoms with Crippen molar-refractivity contribution < 1.29 is 5.11 Å². The van der Waals surface area contributed by atoms with Crippen LogP contribution in [0.5, 0.6) is 0 Å². The third-order valence-corrected chi connectivity index (χ3v) is 3.89. The first-order valence-corrected chi connectivity index (χ1v) is 6.76. The highest BCUT2D eigenvalue weighted by Crippen LogP contribution is 2.36. The van der Waals surface area contributed by atoms with Gasteiger partial charge < -0.3 is 10.4 Å². The van der Waals surface area contributed by atoms with Gasteiger partial charge in [0.15, 0.2) is 0 Å². The first kappa shape index (κ1) is 12.6. The van der Waals surface area contributed by atoms with Crippen LogP contribution in [0, 0.1) is 0 Å². The van der Waals surface area contributed by atoms with Gasteiger partial charge in [0, 0.05) is 12.1 Å². The zero-order chi connectivity index (χ0) is 12.1. The summed E-state index contributed by atoms with van der Waals surface area (Å²) in [5, 5.41) is 13.0. The van der Waals surface area contributed by atoms with E-state index in [-0.39, 0.29) is 12.1 Å². The molecule has 0 saturated heterocycles. The summed E-state index contributed by atoms with van der Waals surface area (Å²) in [5.74, 6) is 0. The molecule has 1 aliphatic carbocycles. The number of rotatable bonds is 4. The molecule has 1 aromatic rings. The van der Waals surface area contributed by atoms with Gasteiger partial charge in [0.25, 0.3) is 0 Å². The number of hydrogen-bond donors (Lipinski definition) is 2. The van der Waals surface area contributed by atoms with Crippen LogP contribution in [-0.4, -0.2) is 18.3 Å². The standard InChI is InChI=1S/C15H23NO/c1-2-16-15(11-12-17)10-6-5-8-13-7-3-4-9-14(13)15/h3-4,7,9,16-17H,2,5-6,8,10-12H2,1H3. The van der Waals surface area contributed by atoms with Crippen molar-refractivity contribution in [3.63, 3.8) is 0 Å². The van der Waals surface area contributed by atoms with E-state index in [0.717, 1.165) is 19.4 Å². The number of aryl methyl sites for hydroxylation is 1. The van der Waals surface area contributed by atoms with Crippen molar-refractivity contribution >= 4 is 0 Å². The van der Waals surface area contributed by atoms with E-state index in [2.05, 4.69) is 36.5 Å². The van der Waals surface area contributed by atoms with Crippen molar-refractivity contribution in [2.45, 2.75) is 44.6 Å². The number of fused-ring (bicyclic) bond motifs is 1. The largest absolute Gasteiger partial charge is 0.396 e. The summed E-state index contributed by atoms with van der Waals surface area (Å²) >= 11 is 0. The molecule has 2 nitrogen and oxygen atoms in total. The number of hydrogen-bond acceptors (Lipinski definition) is 2. The van der Waals surface area contributed by atoms with E-state index in [9.17, 15) is 5.11 Å². The highest BCUT2D eigenvalue weighted by Gasteiger charge is 2.33. The normalized spacial score (nSPS) is 24.1. The highest BCUT2D eigenvalue weighted by molar-refractivity contribution is 5.35. The Balaban J connectivity index is 2.42. The van der Waals surface area contributed by atoms with Gasteiger partial charge in [-0.05, 0) is 43.4 Å². The Morgan fingerprint density at radius 2 is 2.12 bits per heavy atom. The van der Waals surface area contributed by atoms with Gasteiger partial charge in [-0.25, -0.2) is 0 Å². The van der Waals surface area contributed by atoms with Gasteiger partial charge in [-0.3, -0.25) is 0 Å². The minimum atomic E-state index is -0.00338. The summed E-state index contributed by atoms with van der Waals surface area (Å²) in [6, 6.07) is 8.72. The molecule has 94 valence electrons. The van der Waals surface area contributed by atoms with Crippen LogP contribution in [-0.2, 0) is 12.0 Å². The molecule has 0 saturated carbocycles. The summed E-state index contributed by atoms with van der Waals surface area (Å²) in [5.41, 5.74) is 2.86. The maximum atomic E-state index is 9.39. The minimum Gasteiger partial charge on any atom is -0.396 e. The van der Waals surface area contributed by atoms with Crippen molar-refractivity contribution in [3.05, 3.63) is 35.4 Å². The van der Waals surface area contributed by atoms with Crippen LogP contribution in [0.4, 0.5) is 0 Å². The van der Waals surface area contributed by atoms with E-state index in [1.54, 1.807) is 0 Å². The molecule has 0 aliphatic heterocycles. The van der Waals surface area contributed by atoms with Crippen LogP contribution in [0.2, 0.25) is 0 Å². The van der Waals surface area contributed by atoms with Crippen molar-refractivity contribution in [2.24, 2.45) is 0 Å². The summed E-state index contributed by atoms with van der Waals surface area (Å²) in [6.45, 7) is 3.35. The molecule has 0 aromatic heterocycles. The van der Waals surface area contributed by atoms with Gasteiger partial charge in [-0.15, -0.1) is 0 Å². The maximum Gasteiger partial charge on any atom is 0.0459 e. The molecular formula is C15H23NO. The van der Waals surface area contributed by atoms with E-state index in [0.29, 0.717) is 0 Å². The van der Waals surface area contributed by atoms with Crippen molar-refractivity contribution in [2.75, 3.05) is 13.2 Å². The summed E-state index contributed by atoms with van der Waals surface area (Å²) in [6.07, 6.45) is 5.63. The Morgan fingerprint density at radius 1 is 1.29 bits per heavy atom. The lowest BCUT2D eigenvalue weighted by Crippen LogP contribution is -2.43. The van der Waals surface area contributed by atoms with Crippen LogP contribution in [0.1, 0.15) is 43.7 Å². The van der Waals surface area contributed by atoms with Gasteiger partial charge in [0.2, 0.25) is 0 Å². The molecule has 2 N–H and O–H groups in total. The fourth-order valence-electron chi connectivity index (χ4n) is 3.14. The summed E-state index contributed by atoms with van der Waals surface area (Å²) in [4.78, 5) is 0. The molecule has 1 aliphatic rings. The quantitative estimate of drug-likeness (QED) is 0.784. The Bertz CT molecular complexity index is 356. The maximum absolute atomic E-state index is 9.39. The third kappa shape index (κ3) is 2.53. The predicted octanol–water partition coefficient (Wildman–Crippen LogP) is 2.60. The lowest BCUT2D eigenvalue weighted by Gasteiger charge is -2.35. The monoisotopic (exact) mass is 233 g/mol. The van der Waals surface area contributed by atoms with E-state index in [1.807, 2.05) is 0 Å². The number of aliphatic hydroxyl groups excluding tert-OH is 1. The predicted molar refractivity (Wildman–Crippen MR) is 71.1 cm³/mol. The second-order valence-electron chi connectivity index (χ2n) is 4.95. The first-order chi connectivity index (χ1) is 8.32. The van der Waals surface area contributed by atoms with Gasteiger partial charge in [-0.1, -0.05) is 37.6 Å². The Kier molecular flexibility index (Phi) is 4.19. The second-order valence-corrected chi connectivity index (χ2v) is 4.95. The lowest BCUT2D eigenvalue weighted by molar-refractivity contribution is 0.200. The van der Waals surface area contributed by atoms with Crippen LogP contribution >= 0.6 is 0 Å². The van der Waals surface area contributed by atoms with E-state index < -0.39 is 0 Å². The van der Waals surface area contributed by atoms with Gasteiger partial charge >= 0.3 is 0 Å². The van der Waals surface area contributed by atoms with Gasteiger partial charge in [-0.2, -0.15) is 0 Å². The molecule has 0 bridgehead atoms. The molecular weight excluding hydrogens is 210 g/mol. The molecule has 1 unspecified atom stereocenters. The van der Waals surface area contributed by atoms with Crippen LogP contribution in [0.3, 0.4) is 0 Å². The van der Waals surface area contributed by atoms with Gasteiger partial charge in [0.05, 0.1) is 0 Å². The van der Waals surface area contributed by atoms with Crippen molar-refractivity contribution in [3.8, 4) is 0 Å². The molecule has 0 fully saturated rings.